The van der Waals surface area contributed by atoms with Gasteiger partial charge in [-0.05, 0) is 59.3 Å². The van der Waals surface area contributed by atoms with E-state index in [0.717, 1.165) is 19.3 Å². The highest BCUT2D eigenvalue weighted by atomic mass is 28.4. The molecule has 4 nitrogen and oxygen atoms in total. The zero-order valence-electron chi connectivity index (χ0n) is 13.5. The Labute approximate surface area is 123 Å². The summed E-state index contributed by atoms with van der Waals surface area (Å²) in [6.45, 7) is 12.2. The van der Waals surface area contributed by atoms with Gasteiger partial charge in [-0.1, -0.05) is 6.08 Å². The maximum atomic E-state index is 12.6. The zero-order chi connectivity index (χ0) is 15.2. The summed E-state index contributed by atoms with van der Waals surface area (Å²) in [5.41, 5.74) is -1.05. The Morgan fingerprint density at radius 3 is 2.55 bits per heavy atom. The fourth-order valence-electron chi connectivity index (χ4n) is 3.01. The summed E-state index contributed by atoms with van der Waals surface area (Å²) in [7, 11) is -1.76. The van der Waals surface area contributed by atoms with Crippen LogP contribution in [0.1, 0.15) is 40.0 Å². The minimum Gasteiger partial charge on any atom is -0.444 e. The first kappa shape index (κ1) is 15.6. The molecular formula is C15H27NO3Si. The summed E-state index contributed by atoms with van der Waals surface area (Å²) in [5, 5.41) is 0. The lowest BCUT2D eigenvalue weighted by molar-refractivity contribution is -0.0577. The lowest BCUT2D eigenvalue weighted by Gasteiger charge is -2.44. The van der Waals surface area contributed by atoms with Gasteiger partial charge in [0.05, 0.1) is 0 Å². The van der Waals surface area contributed by atoms with Crippen molar-refractivity contribution in [3.63, 3.8) is 0 Å². The average molecular weight is 297 g/mol. The minimum absolute atomic E-state index is 0.214. The molecule has 0 radical (unpaired) electrons. The second-order valence-electron chi connectivity index (χ2n) is 7.74. The molecule has 114 valence electrons. The summed E-state index contributed by atoms with van der Waals surface area (Å²) >= 11 is 0. The standard InChI is InChI=1S/C15H27NO3Si/c1-14(2,3)18-13(17)16-12-8-7-10-15(16,11-9-12)19-20(4,5)6/h7,10,12H,8-9,11H2,1-6H3. The molecule has 5 heteroatoms. The summed E-state index contributed by atoms with van der Waals surface area (Å²) in [4.78, 5) is 14.4. The molecule has 0 aromatic heterocycles. The van der Waals surface area contributed by atoms with Crippen LogP contribution in [0, 0.1) is 0 Å². The van der Waals surface area contributed by atoms with Gasteiger partial charge in [-0.2, -0.15) is 0 Å². The number of nitrogens with zero attached hydrogens (tertiary/aromatic N) is 1. The quantitative estimate of drug-likeness (QED) is 0.573. The van der Waals surface area contributed by atoms with E-state index in [0.29, 0.717) is 0 Å². The topological polar surface area (TPSA) is 38.8 Å². The number of ether oxygens (including phenoxy) is 1. The van der Waals surface area contributed by atoms with Gasteiger partial charge < -0.3 is 9.16 Å². The first-order valence-electron chi connectivity index (χ1n) is 7.43. The van der Waals surface area contributed by atoms with Crippen molar-refractivity contribution in [3.8, 4) is 0 Å². The van der Waals surface area contributed by atoms with Gasteiger partial charge in [-0.3, -0.25) is 4.90 Å². The zero-order valence-corrected chi connectivity index (χ0v) is 14.5. The number of carbonyl (C=O) groups is 1. The van der Waals surface area contributed by atoms with Crippen molar-refractivity contribution in [1.29, 1.82) is 0 Å². The predicted molar refractivity (Wildman–Crippen MR) is 82.0 cm³/mol. The number of hydrogen-bond donors (Lipinski definition) is 0. The summed E-state index contributed by atoms with van der Waals surface area (Å²) in [6, 6.07) is 0.214. The molecule has 2 bridgehead atoms. The molecule has 2 aliphatic rings. The van der Waals surface area contributed by atoms with Crippen LogP contribution in [-0.2, 0) is 9.16 Å². The largest absolute Gasteiger partial charge is 0.444 e. The molecule has 0 aromatic carbocycles. The van der Waals surface area contributed by atoms with Crippen LogP contribution in [0.25, 0.3) is 0 Å². The first-order chi connectivity index (χ1) is 9.03. The fourth-order valence-corrected chi connectivity index (χ4v) is 4.34. The molecule has 0 spiro atoms. The lowest BCUT2D eigenvalue weighted by atomic mass is 10.1. The van der Waals surface area contributed by atoms with Crippen LogP contribution < -0.4 is 0 Å². The van der Waals surface area contributed by atoms with Crippen molar-refractivity contribution in [2.45, 2.75) is 77.0 Å². The van der Waals surface area contributed by atoms with E-state index in [1.54, 1.807) is 0 Å². The van der Waals surface area contributed by atoms with E-state index in [-0.39, 0.29) is 12.1 Å². The van der Waals surface area contributed by atoms with Crippen molar-refractivity contribution < 1.29 is 14.0 Å². The molecule has 2 atom stereocenters. The molecule has 1 amide bonds. The third-order valence-electron chi connectivity index (χ3n) is 3.47. The van der Waals surface area contributed by atoms with Crippen molar-refractivity contribution in [3.05, 3.63) is 12.2 Å². The van der Waals surface area contributed by atoms with Crippen molar-refractivity contribution >= 4 is 14.4 Å². The Kier molecular flexibility index (Phi) is 3.80. The Bertz CT molecular complexity index is 422. The third kappa shape index (κ3) is 3.26. The molecule has 2 rings (SSSR count). The molecule has 1 fully saturated rings. The van der Waals surface area contributed by atoms with Gasteiger partial charge >= 0.3 is 6.09 Å². The average Bonchev–Trinajstić information content (AvgIpc) is 2.41. The van der Waals surface area contributed by atoms with Gasteiger partial charge in [0.15, 0.2) is 14.0 Å². The molecule has 2 heterocycles. The normalized spacial score (nSPS) is 29.7. The lowest BCUT2D eigenvalue weighted by Crippen LogP contribution is -2.57. The van der Waals surface area contributed by atoms with Gasteiger partial charge in [0.2, 0.25) is 0 Å². The van der Waals surface area contributed by atoms with Gasteiger partial charge in [-0.25, -0.2) is 4.79 Å². The van der Waals surface area contributed by atoms with Crippen LogP contribution in [0.15, 0.2) is 12.2 Å². The van der Waals surface area contributed by atoms with E-state index in [1.807, 2.05) is 25.7 Å². The molecule has 20 heavy (non-hydrogen) atoms. The van der Waals surface area contributed by atoms with E-state index in [2.05, 4.69) is 31.8 Å². The summed E-state index contributed by atoms with van der Waals surface area (Å²) in [5.74, 6) is 0. The van der Waals surface area contributed by atoms with Crippen LogP contribution in [0.4, 0.5) is 4.79 Å². The number of amides is 1. The Balaban J connectivity index is 2.26. The summed E-state index contributed by atoms with van der Waals surface area (Å²) < 4.78 is 12.0. The molecule has 0 aliphatic carbocycles. The molecular weight excluding hydrogens is 270 g/mol. The number of hydrogen-bond acceptors (Lipinski definition) is 3. The van der Waals surface area contributed by atoms with E-state index < -0.39 is 19.6 Å². The van der Waals surface area contributed by atoms with Crippen LogP contribution >= 0.6 is 0 Å². The molecule has 0 N–H and O–H groups in total. The van der Waals surface area contributed by atoms with Crippen LogP contribution in [0.2, 0.25) is 19.6 Å². The van der Waals surface area contributed by atoms with Crippen LogP contribution in [0.5, 0.6) is 0 Å². The smallest absolute Gasteiger partial charge is 0.413 e. The highest BCUT2D eigenvalue weighted by Crippen LogP contribution is 2.43. The Morgan fingerprint density at radius 1 is 1.35 bits per heavy atom. The minimum atomic E-state index is -1.76. The van der Waals surface area contributed by atoms with E-state index in [1.165, 1.54) is 0 Å². The second-order valence-corrected chi connectivity index (χ2v) is 12.2. The van der Waals surface area contributed by atoms with Crippen LogP contribution in [-0.4, -0.2) is 36.7 Å². The van der Waals surface area contributed by atoms with Gasteiger partial charge in [-0.15, -0.1) is 0 Å². The number of carbonyl (C=O) groups excluding carboxylic acids is 1. The predicted octanol–water partition coefficient (Wildman–Crippen LogP) is 3.89. The van der Waals surface area contributed by atoms with Crippen molar-refractivity contribution in [2.75, 3.05) is 0 Å². The molecule has 0 aromatic rings. The third-order valence-corrected chi connectivity index (χ3v) is 4.43. The highest BCUT2D eigenvalue weighted by Gasteiger charge is 2.52. The van der Waals surface area contributed by atoms with E-state index in [4.69, 9.17) is 9.16 Å². The molecule has 2 aliphatic heterocycles. The first-order valence-corrected chi connectivity index (χ1v) is 10.8. The Morgan fingerprint density at radius 2 is 2.00 bits per heavy atom. The molecule has 1 saturated heterocycles. The van der Waals surface area contributed by atoms with E-state index in [9.17, 15) is 4.79 Å². The maximum Gasteiger partial charge on any atom is 0.413 e. The molecule has 2 unspecified atom stereocenters. The summed E-state index contributed by atoms with van der Waals surface area (Å²) in [6.07, 6.45) is 6.73. The monoisotopic (exact) mass is 297 g/mol. The maximum absolute atomic E-state index is 12.6. The van der Waals surface area contributed by atoms with Gasteiger partial charge in [0, 0.05) is 12.5 Å². The van der Waals surface area contributed by atoms with Crippen molar-refractivity contribution in [2.24, 2.45) is 0 Å². The Hall–Kier alpha value is -0.813. The van der Waals surface area contributed by atoms with Gasteiger partial charge in [0.1, 0.15) is 5.60 Å². The van der Waals surface area contributed by atoms with Crippen LogP contribution in [0.3, 0.4) is 0 Å². The highest BCUT2D eigenvalue weighted by molar-refractivity contribution is 6.69. The number of rotatable bonds is 2. The number of fused-ring (bicyclic) bond motifs is 2. The fraction of sp³-hybridized carbons (Fsp3) is 0.800. The van der Waals surface area contributed by atoms with E-state index >= 15 is 0 Å². The second kappa shape index (κ2) is 4.88. The van der Waals surface area contributed by atoms with Gasteiger partial charge in [0.25, 0.3) is 0 Å². The molecule has 0 saturated carbocycles. The van der Waals surface area contributed by atoms with Crippen molar-refractivity contribution in [1.82, 2.24) is 4.90 Å². The SMILES string of the molecule is CC(C)(C)OC(=O)N1C2CC=CC1(O[Si](C)(C)C)CC2.